The highest BCUT2D eigenvalue weighted by Gasteiger charge is 2.11. The van der Waals surface area contributed by atoms with Gasteiger partial charge in [-0.2, -0.15) is 0 Å². The van der Waals surface area contributed by atoms with Crippen molar-refractivity contribution >= 4 is 11.8 Å². The summed E-state index contributed by atoms with van der Waals surface area (Å²) in [5.41, 5.74) is 0. The van der Waals surface area contributed by atoms with Crippen LogP contribution in [0.1, 0.15) is 13.3 Å². The van der Waals surface area contributed by atoms with Crippen molar-refractivity contribution in [3.05, 3.63) is 12.7 Å². The summed E-state index contributed by atoms with van der Waals surface area (Å²) >= 11 is 0. The molecule has 98 valence electrons. The minimum Gasteiger partial charge on any atom is -0.355 e. The van der Waals surface area contributed by atoms with E-state index in [4.69, 9.17) is 0 Å². The van der Waals surface area contributed by atoms with Crippen LogP contribution in [0.4, 0.5) is 0 Å². The predicted molar refractivity (Wildman–Crippen MR) is 68.6 cm³/mol. The molecule has 0 saturated heterocycles. The summed E-state index contributed by atoms with van der Waals surface area (Å²) < 4.78 is 0. The van der Waals surface area contributed by atoms with Gasteiger partial charge in [0.2, 0.25) is 11.8 Å². The van der Waals surface area contributed by atoms with Crippen LogP contribution >= 0.6 is 0 Å². The van der Waals surface area contributed by atoms with Crippen LogP contribution in [0.15, 0.2) is 12.7 Å². The van der Waals surface area contributed by atoms with Gasteiger partial charge >= 0.3 is 0 Å². The smallest absolute Gasteiger partial charge is 0.239 e. The maximum absolute atomic E-state index is 11.5. The molecule has 0 bridgehead atoms. The molecule has 0 saturated carbocycles. The molecule has 5 heteroatoms. The molecule has 0 aromatic rings. The molecule has 0 aliphatic heterocycles. The predicted octanol–water partition coefficient (Wildman–Crippen LogP) is 0.0888. The Morgan fingerprint density at radius 1 is 1.35 bits per heavy atom. The molecule has 2 amide bonds. The lowest BCUT2D eigenvalue weighted by Crippen LogP contribution is -2.40. The standard InChI is InChI=1S/C12H23N3O2/c1-5-8-15(11(2)16)10-12(17)13-7-6-9-14(3)4/h5H,1,6-10H2,2-4H3,(H,13,17). The highest BCUT2D eigenvalue weighted by molar-refractivity contribution is 5.83. The average molecular weight is 241 g/mol. The maximum Gasteiger partial charge on any atom is 0.239 e. The molecule has 0 atom stereocenters. The Bertz CT molecular complexity index is 264. The second kappa shape index (κ2) is 8.75. The van der Waals surface area contributed by atoms with Gasteiger partial charge in [-0.15, -0.1) is 6.58 Å². The van der Waals surface area contributed by atoms with Crippen LogP contribution in [0.3, 0.4) is 0 Å². The Morgan fingerprint density at radius 3 is 2.47 bits per heavy atom. The van der Waals surface area contributed by atoms with E-state index in [1.54, 1.807) is 6.08 Å². The van der Waals surface area contributed by atoms with Gasteiger partial charge in [-0.3, -0.25) is 9.59 Å². The minimum atomic E-state index is -0.124. The van der Waals surface area contributed by atoms with Crippen molar-refractivity contribution < 1.29 is 9.59 Å². The van der Waals surface area contributed by atoms with Crippen LogP contribution in [0.25, 0.3) is 0 Å². The van der Waals surface area contributed by atoms with E-state index in [-0.39, 0.29) is 18.4 Å². The van der Waals surface area contributed by atoms with Gasteiger partial charge in [0.05, 0.1) is 6.54 Å². The molecule has 0 heterocycles. The van der Waals surface area contributed by atoms with Crippen LogP contribution in [0, 0.1) is 0 Å². The summed E-state index contributed by atoms with van der Waals surface area (Å²) in [6.07, 6.45) is 2.51. The van der Waals surface area contributed by atoms with Crippen LogP contribution in [0.5, 0.6) is 0 Å². The van der Waals surface area contributed by atoms with Gasteiger partial charge in [0.15, 0.2) is 0 Å². The van der Waals surface area contributed by atoms with Crippen LogP contribution < -0.4 is 5.32 Å². The number of nitrogens with one attached hydrogen (secondary N) is 1. The zero-order valence-corrected chi connectivity index (χ0v) is 11.0. The summed E-state index contributed by atoms with van der Waals surface area (Å²) in [5.74, 6) is -0.242. The van der Waals surface area contributed by atoms with E-state index in [9.17, 15) is 9.59 Å². The maximum atomic E-state index is 11.5. The highest BCUT2D eigenvalue weighted by Crippen LogP contribution is 1.90. The highest BCUT2D eigenvalue weighted by atomic mass is 16.2. The molecular formula is C12H23N3O2. The Labute approximate surface area is 103 Å². The van der Waals surface area contributed by atoms with Gasteiger partial charge < -0.3 is 15.1 Å². The lowest BCUT2D eigenvalue weighted by Gasteiger charge is -2.18. The molecule has 0 aromatic heterocycles. The summed E-state index contributed by atoms with van der Waals surface area (Å²) in [7, 11) is 3.98. The van der Waals surface area contributed by atoms with Gasteiger partial charge in [0, 0.05) is 20.0 Å². The molecule has 5 nitrogen and oxygen atoms in total. The number of rotatable bonds is 8. The third kappa shape index (κ3) is 8.45. The molecule has 0 aromatic carbocycles. The first kappa shape index (κ1) is 15.6. The first-order chi connectivity index (χ1) is 7.97. The van der Waals surface area contributed by atoms with Crippen molar-refractivity contribution in [1.29, 1.82) is 0 Å². The number of hydrogen-bond acceptors (Lipinski definition) is 3. The zero-order chi connectivity index (χ0) is 13.3. The molecule has 1 N–H and O–H groups in total. The third-order valence-corrected chi connectivity index (χ3v) is 2.23. The largest absolute Gasteiger partial charge is 0.355 e. The molecule has 0 unspecified atom stereocenters. The van der Waals surface area contributed by atoms with Crippen LogP contribution in [-0.4, -0.2) is 61.9 Å². The molecule has 0 radical (unpaired) electrons. The molecule has 17 heavy (non-hydrogen) atoms. The van der Waals surface area contributed by atoms with Crippen molar-refractivity contribution in [3.8, 4) is 0 Å². The number of carbonyl (C=O) groups excluding carboxylic acids is 2. The van der Waals surface area contributed by atoms with E-state index < -0.39 is 0 Å². The van der Waals surface area contributed by atoms with Gasteiger partial charge in [-0.25, -0.2) is 0 Å². The lowest BCUT2D eigenvalue weighted by molar-refractivity contribution is -0.133. The van der Waals surface area contributed by atoms with Crippen molar-refractivity contribution in [3.63, 3.8) is 0 Å². The Balaban J connectivity index is 3.82. The average Bonchev–Trinajstić information content (AvgIpc) is 2.23. The summed E-state index contributed by atoms with van der Waals surface area (Å²) in [6, 6.07) is 0. The zero-order valence-electron chi connectivity index (χ0n) is 11.0. The fourth-order valence-corrected chi connectivity index (χ4v) is 1.31. The van der Waals surface area contributed by atoms with E-state index in [1.165, 1.54) is 11.8 Å². The second-order valence-corrected chi connectivity index (χ2v) is 4.19. The minimum absolute atomic E-state index is 0.101. The van der Waals surface area contributed by atoms with E-state index in [0.717, 1.165) is 13.0 Å². The third-order valence-electron chi connectivity index (χ3n) is 2.23. The van der Waals surface area contributed by atoms with E-state index >= 15 is 0 Å². The monoisotopic (exact) mass is 241 g/mol. The molecule has 0 spiro atoms. The topological polar surface area (TPSA) is 52.7 Å². The Kier molecular flexibility index (Phi) is 8.05. The fourth-order valence-electron chi connectivity index (χ4n) is 1.31. The van der Waals surface area contributed by atoms with Gasteiger partial charge in [0.25, 0.3) is 0 Å². The van der Waals surface area contributed by atoms with Crippen molar-refractivity contribution in [2.45, 2.75) is 13.3 Å². The summed E-state index contributed by atoms with van der Waals surface area (Å²) in [5, 5.41) is 2.79. The van der Waals surface area contributed by atoms with Gasteiger partial charge in [-0.05, 0) is 27.1 Å². The van der Waals surface area contributed by atoms with Gasteiger partial charge in [0.1, 0.15) is 0 Å². The van der Waals surface area contributed by atoms with Crippen LogP contribution in [0.2, 0.25) is 0 Å². The number of amides is 2. The fraction of sp³-hybridized carbons (Fsp3) is 0.667. The second-order valence-electron chi connectivity index (χ2n) is 4.19. The van der Waals surface area contributed by atoms with Crippen molar-refractivity contribution in [2.24, 2.45) is 0 Å². The quantitative estimate of drug-likeness (QED) is 0.484. The molecule has 0 rings (SSSR count). The van der Waals surface area contributed by atoms with Crippen molar-refractivity contribution in [1.82, 2.24) is 15.1 Å². The SMILES string of the molecule is C=CCN(CC(=O)NCCCN(C)C)C(C)=O. The van der Waals surface area contributed by atoms with Crippen molar-refractivity contribution in [2.75, 3.05) is 40.3 Å². The molecular weight excluding hydrogens is 218 g/mol. The lowest BCUT2D eigenvalue weighted by atomic mass is 10.3. The molecule has 0 aliphatic carbocycles. The van der Waals surface area contributed by atoms with Crippen LogP contribution in [-0.2, 0) is 9.59 Å². The first-order valence-electron chi connectivity index (χ1n) is 5.75. The Hall–Kier alpha value is -1.36. The number of hydrogen-bond donors (Lipinski definition) is 1. The number of carbonyl (C=O) groups is 2. The van der Waals surface area contributed by atoms with Gasteiger partial charge in [-0.1, -0.05) is 6.08 Å². The number of nitrogens with zero attached hydrogens (tertiary/aromatic N) is 2. The van der Waals surface area contributed by atoms with E-state index in [0.29, 0.717) is 13.1 Å². The molecule has 0 fully saturated rings. The van der Waals surface area contributed by atoms with E-state index in [1.807, 2.05) is 14.1 Å². The first-order valence-corrected chi connectivity index (χ1v) is 5.75. The van der Waals surface area contributed by atoms with E-state index in [2.05, 4.69) is 16.8 Å². The summed E-state index contributed by atoms with van der Waals surface area (Å²) in [6.45, 7) is 7.07. The molecule has 0 aliphatic rings. The normalized spacial score (nSPS) is 10.1. The summed E-state index contributed by atoms with van der Waals surface area (Å²) in [4.78, 5) is 26.2. The Morgan fingerprint density at radius 2 is 2.00 bits per heavy atom.